The number of nitrogens with zero attached hydrogens (tertiary/aromatic N) is 2. The number of aromatic nitrogens is 2. The maximum atomic E-state index is 10.4. The van der Waals surface area contributed by atoms with E-state index >= 15 is 0 Å². The summed E-state index contributed by atoms with van der Waals surface area (Å²) in [6.45, 7) is 1.11. The molecule has 0 aliphatic rings. The minimum absolute atomic E-state index is 0.339. The van der Waals surface area contributed by atoms with Crippen molar-refractivity contribution in [3.63, 3.8) is 0 Å². The summed E-state index contributed by atoms with van der Waals surface area (Å²) in [5, 5.41) is 8.57. The summed E-state index contributed by atoms with van der Waals surface area (Å²) in [4.78, 5) is 14.5. The van der Waals surface area contributed by atoms with Gasteiger partial charge in [0.25, 0.3) is 0 Å². The maximum Gasteiger partial charge on any atom is 0.303 e. The van der Waals surface area contributed by atoms with Crippen LogP contribution in [0.2, 0.25) is 0 Å². The molecule has 1 heterocycles. The quantitative estimate of drug-likeness (QED) is 0.281. The zero-order valence-corrected chi connectivity index (χ0v) is 16.7. The van der Waals surface area contributed by atoms with Crippen molar-refractivity contribution < 1.29 is 9.90 Å². The van der Waals surface area contributed by atoms with Gasteiger partial charge in [-0.1, -0.05) is 89.9 Å². The molecule has 4 heteroatoms. The fourth-order valence-corrected chi connectivity index (χ4v) is 3.46. The van der Waals surface area contributed by atoms with E-state index in [4.69, 9.17) is 5.11 Å². The van der Waals surface area contributed by atoms with Gasteiger partial charge < -0.3 is 9.67 Å². The van der Waals surface area contributed by atoms with Crippen LogP contribution in [0.1, 0.15) is 109 Å². The lowest BCUT2D eigenvalue weighted by atomic mass is 10.0. The molecule has 1 aromatic heterocycles. The third kappa shape index (κ3) is 15.0. The van der Waals surface area contributed by atoms with E-state index in [1.54, 1.807) is 0 Å². The Labute approximate surface area is 160 Å². The highest BCUT2D eigenvalue weighted by Crippen LogP contribution is 2.14. The summed E-state index contributed by atoms with van der Waals surface area (Å²) in [7, 11) is 0. The van der Waals surface area contributed by atoms with Crippen molar-refractivity contribution in [3.8, 4) is 0 Å². The van der Waals surface area contributed by atoms with Gasteiger partial charge in [0.2, 0.25) is 0 Å². The van der Waals surface area contributed by atoms with Gasteiger partial charge in [0, 0.05) is 25.4 Å². The van der Waals surface area contributed by atoms with Gasteiger partial charge in [-0.15, -0.1) is 0 Å². The van der Waals surface area contributed by atoms with E-state index in [0.29, 0.717) is 6.42 Å². The molecular formula is C22H40N2O2. The highest BCUT2D eigenvalue weighted by molar-refractivity contribution is 5.66. The van der Waals surface area contributed by atoms with Crippen LogP contribution in [-0.2, 0) is 11.3 Å². The highest BCUT2D eigenvalue weighted by Gasteiger charge is 1.97. The molecule has 0 amide bonds. The van der Waals surface area contributed by atoms with Crippen LogP contribution < -0.4 is 0 Å². The molecule has 0 aliphatic heterocycles. The summed E-state index contributed by atoms with van der Waals surface area (Å²) < 4.78 is 2.17. The molecular weight excluding hydrogens is 324 g/mol. The fraction of sp³-hybridized carbons (Fsp3) is 0.818. The Kier molecular flexibility index (Phi) is 15.0. The molecule has 0 aliphatic carbocycles. The molecule has 26 heavy (non-hydrogen) atoms. The largest absolute Gasteiger partial charge is 0.481 e. The second kappa shape index (κ2) is 17.1. The number of aryl methyl sites for hydroxylation is 1. The normalized spacial score (nSPS) is 11.1. The summed E-state index contributed by atoms with van der Waals surface area (Å²) in [6.07, 6.45) is 27.0. The van der Waals surface area contributed by atoms with Gasteiger partial charge in [-0.25, -0.2) is 4.98 Å². The van der Waals surface area contributed by atoms with E-state index in [-0.39, 0.29) is 0 Å². The molecule has 0 fully saturated rings. The molecule has 4 nitrogen and oxygen atoms in total. The standard InChI is InChI=1S/C22H40N2O2/c25-22(26)17-15-13-11-9-7-5-3-1-2-4-6-8-10-12-14-16-19-24-20-18-23-21-24/h18,20-21H,1-17,19H2,(H,25,26). The second-order valence-corrected chi connectivity index (χ2v) is 7.60. The number of hydrogen-bond acceptors (Lipinski definition) is 2. The lowest BCUT2D eigenvalue weighted by Gasteiger charge is -2.04. The Balaban J connectivity index is 1.66. The van der Waals surface area contributed by atoms with Crippen molar-refractivity contribution in [2.45, 2.75) is 116 Å². The van der Waals surface area contributed by atoms with Crippen LogP contribution in [0.15, 0.2) is 18.7 Å². The molecule has 0 radical (unpaired) electrons. The Morgan fingerprint density at radius 1 is 0.692 bits per heavy atom. The van der Waals surface area contributed by atoms with Crippen LogP contribution in [0.25, 0.3) is 0 Å². The average Bonchev–Trinajstić information content (AvgIpc) is 3.14. The van der Waals surface area contributed by atoms with Gasteiger partial charge >= 0.3 is 5.97 Å². The molecule has 1 N–H and O–H groups in total. The molecule has 0 spiro atoms. The SMILES string of the molecule is O=C(O)CCCCCCCCCCCCCCCCCCn1ccnc1. The smallest absolute Gasteiger partial charge is 0.303 e. The Hall–Kier alpha value is -1.32. The average molecular weight is 365 g/mol. The minimum atomic E-state index is -0.657. The first-order valence-electron chi connectivity index (χ1n) is 11.0. The van der Waals surface area contributed by atoms with Gasteiger partial charge in [-0.3, -0.25) is 4.79 Å². The molecule has 0 saturated carbocycles. The monoisotopic (exact) mass is 364 g/mol. The summed E-state index contributed by atoms with van der Waals surface area (Å²) >= 11 is 0. The first-order chi connectivity index (χ1) is 12.8. The van der Waals surface area contributed by atoms with E-state index in [1.807, 2.05) is 18.7 Å². The van der Waals surface area contributed by atoms with Crippen molar-refractivity contribution in [2.75, 3.05) is 0 Å². The van der Waals surface area contributed by atoms with E-state index in [1.165, 1.54) is 89.9 Å². The van der Waals surface area contributed by atoms with Gasteiger partial charge in [0.1, 0.15) is 0 Å². The highest BCUT2D eigenvalue weighted by atomic mass is 16.4. The second-order valence-electron chi connectivity index (χ2n) is 7.60. The van der Waals surface area contributed by atoms with Crippen LogP contribution in [0.4, 0.5) is 0 Å². The van der Waals surface area contributed by atoms with E-state index < -0.39 is 5.97 Å². The zero-order chi connectivity index (χ0) is 18.7. The lowest BCUT2D eigenvalue weighted by Crippen LogP contribution is -1.93. The number of rotatable bonds is 19. The predicted octanol–water partition coefficient (Wildman–Crippen LogP) is 6.60. The van der Waals surface area contributed by atoms with Crippen LogP contribution in [0.3, 0.4) is 0 Å². The third-order valence-corrected chi connectivity index (χ3v) is 5.12. The van der Waals surface area contributed by atoms with Crippen LogP contribution >= 0.6 is 0 Å². The van der Waals surface area contributed by atoms with Crippen LogP contribution in [0, 0.1) is 0 Å². The van der Waals surface area contributed by atoms with Gasteiger partial charge in [-0.05, 0) is 12.8 Å². The molecule has 0 bridgehead atoms. The van der Waals surface area contributed by atoms with Gasteiger partial charge in [0.05, 0.1) is 6.33 Å². The van der Waals surface area contributed by atoms with Crippen molar-refractivity contribution in [2.24, 2.45) is 0 Å². The number of aliphatic carboxylic acids is 1. The number of carboxylic acids is 1. The number of hydrogen-bond donors (Lipinski definition) is 1. The van der Waals surface area contributed by atoms with Crippen LogP contribution in [0.5, 0.6) is 0 Å². The molecule has 0 aromatic carbocycles. The van der Waals surface area contributed by atoms with Crippen molar-refractivity contribution >= 4 is 5.97 Å². The van der Waals surface area contributed by atoms with E-state index in [9.17, 15) is 4.79 Å². The number of carbonyl (C=O) groups is 1. The molecule has 1 aromatic rings. The minimum Gasteiger partial charge on any atom is -0.481 e. The number of carboxylic acid groups (broad SMARTS) is 1. The van der Waals surface area contributed by atoms with E-state index in [2.05, 4.69) is 9.55 Å². The first-order valence-corrected chi connectivity index (χ1v) is 11.0. The fourth-order valence-electron chi connectivity index (χ4n) is 3.46. The lowest BCUT2D eigenvalue weighted by molar-refractivity contribution is -0.137. The number of unbranched alkanes of at least 4 members (excludes halogenated alkanes) is 15. The Morgan fingerprint density at radius 3 is 1.50 bits per heavy atom. The zero-order valence-electron chi connectivity index (χ0n) is 16.7. The summed E-state index contributed by atoms with van der Waals surface area (Å²) in [6, 6.07) is 0. The van der Waals surface area contributed by atoms with Crippen molar-refractivity contribution in [1.82, 2.24) is 9.55 Å². The summed E-state index contributed by atoms with van der Waals surface area (Å²) in [5.41, 5.74) is 0. The summed E-state index contributed by atoms with van der Waals surface area (Å²) in [5.74, 6) is -0.657. The Bertz CT molecular complexity index is 418. The van der Waals surface area contributed by atoms with E-state index in [0.717, 1.165) is 19.4 Å². The predicted molar refractivity (Wildman–Crippen MR) is 108 cm³/mol. The van der Waals surface area contributed by atoms with Crippen molar-refractivity contribution in [3.05, 3.63) is 18.7 Å². The van der Waals surface area contributed by atoms with Crippen molar-refractivity contribution in [1.29, 1.82) is 0 Å². The molecule has 150 valence electrons. The van der Waals surface area contributed by atoms with Gasteiger partial charge in [0.15, 0.2) is 0 Å². The first kappa shape index (κ1) is 22.7. The molecule has 0 unspecified atom stereocenters. The molecule has 0 saturated heterocycles. The topological polar surface area (TPSA) is 55.1 Å². The molecule has 1 rings (SSSR count). The molecule has 0 atom stereocenters. The van der Waals surface area contributed by atoms with Crippen LogP contribution in [-0.4, -0.2) is 20.6 Å². The number of imidazole rings is 1. The Morgan fingerprint density at radius 2 is 1.12 bits per heavy atom. The van der Waals surface area contributed by atoms with Gasteiger partial charge in [-0.2, -0.15) is 0 Å². The third-order valence-electron chi connectivity index (χ3n) is 5.12. The maximum absolute atomic E-state index is 10.4.